The highest BCUT2D eigenvalue weighted by molar-refractivity contribution is 8.26. The van der Waals surface area contributed by atoms with E-state index < -0.39 is 0 Å². The van der Waals surface area contributed by atoms with Crippen LogP contribution in [0, 0.1) is 11.7 Å². The summed E-state index contributed by atoms with van der Waals surface area (Å²) in [7, 11) is 0. The van der Waals surface area contributed by atoms with Crippen molar-refractivity contribution in [2.45, 2.75) is 13.8 Å². The van der Waals surface area contributed by atoms with Gasteiger partial charge in [-0.2, -0.15) is 5.10 Å². The Hall–Kier alpha value is -2.77. The van der Waals surface area contributed by atoms with Gasteiger partial charge in [0.1, 0.15) is 10.1 Å². The molecule has 1 aliphatic rings. The molecule has 1 fully saturated rings. The SMILES string of the molecule is CC(C)CN1C(=O)C(=Cc2cn(-c3ccccc3)nc2-c2ccc(F)cc2)SC1=S. The fourth-order valence-electron chi connectivity index (χ4n) is 3.20. The lowest BCUT2D eigenvalue weighted by atomic mass is 10.1. The van der Waals surface area contributed by atoms with E-state index in [1.54, 1.807) is 21.7 Å². The van der Waals surface area contributed by atoms with Crippen LogP contribution >= 0.6 is 24.0 Å². The minimum Gasteiger partial charge on any atom is -0.293 e. The Labute approximate surface area is 184 Å². The largest absolute Gasteiger partial charge is 0.293 e. The first-order chi connectivity index (χ1) is 14.4. The fourth-order valence-corrected chi connectivity index (χ4v) is 4.47. The number of thiocarbonyl (C=S) groups is 1. The van der Waals surface area contributed by atoms with Gasteiger partial charge in [0.05, 0.1) is 16.3 Å². The molecule has 0 bridgehead atoms. The van der Waals surface area contributed by atoms with Gasteiger partial charge in [-0.25, -0.2) is 9.07 Å². The average Bonchev–Trinajstić information content (AvgIpc) is 3.26. The predicted octanol–water partition coefficient (Wildman–Crippen LogP) is 5.54. The number of carbonyl (C=O) groups is 1. The van der Waals surface area contributed by atoms with Crippen LogP contribution in [-0.4, -0.2) is 31.5 Å². The third-order valence-corrected chi connectivity index (χ3v) is 5.97. The van der Waals surface area contributed by atoms with E-state index in [9.17, 15) is 9.18 Å². The summed E-state index contributed by atoms with van der Waals surface area (Å²) >= 11 is 6.72. The van der Waals surface area contributed by atoms with Crippen LogP contribution in [0.15, 0.2) is 65.7 Å². The molecule has 152 valence electrons. The zero-order valence-electron chi connectivity index (χ0n) is 16.6. The van der Waals surface area contributed by atoms with E-state index in [-0.39, 0.29) is 11.7 Å². The summed E-state index contributed by atoms with van der Waals surface area (Å²) in [6.45, 7) is 4.70. The minimum atomic E-state index is -0.308. The van der Waals surface area contributed by atoms with E-state index in [0.29, 0.717) is 27.4 Å². The van der Waals surface area contributed by atoms with Gasteiger partial charge in [0.15, 0.2) is 0 Å². The van der Waals surface area contributed by atoms with E-state index in [2.05, 4.69) is 13.8 Å². The van der Waals surface area contributed by atoms with Gasteiger partial charge in [-0.15, -0.1) is 0 Å². The summed E-state index contributed by atoms with van der Waals surface area (Å²) in [4.78, 5) is 15.1. The minimum absolute atomic E-state index is 0.0868. The van der Waals surface area contributed by atoms with Gasteiger partial charge in [0.2, 0.25) is 0 Å². The number of hydrogen-bond acceptors (Lipinski definition) is 4. The summed E-state index contributed by atoms with van der Waals surface area (Å²) in [5.41, 5.74) is 3.12. The number of benzene rings is 2. The Kier molecular flexibility index (Phi) is 5.83. The van der Waals surface area contributed by atoms with Crippen LogP contribution in [0.5, 0.6) is 0 Å². The van der Waals surface area contributed by atoms with Crippen LogP contribution in [0.3, 0.4) is 0 Å². The Bertz CT molecular complexity index is 1120. The standard InChI is InChI=1S/C23H20FN3OS2/c1-15(2)13-26-22(28)20(30-23(26)29)12-17-14-27(19-6-4-3-5-7-19)25-21(17)16-8-10-18(24)11-9-16/h3-12,14-15H,13H2,1-2H3. The Morgan fingerprint density at radius 1 is 1.13 bits per heavy atom. The number of aromatic nitrogens is 2. The van der Waals surface area contributed by atoms with E-state index in [4.69, 9.17) is 17.3 Å². The molecule has 2 aromatic carbocycles. The maximum absolute atomic E-state index is 13.4. The molecule has 30 heavy (non-hydrogen) atoms. The van der Waals surface area contributed by atoms with Gasteiger partial charge >= 0.3 is 0 Å². The molecule has 1 saturated heterocycles. The number of halogens is 1. The summed E-state index contributed by atoms with van der Waals surface area (Å²) < 4.78 is 15.8. The molecule has 1 aliphatic heterocycles. The highest BCUT2D eigenvalue weighted by atomic mass is 32.2. The van der Waals surface area contributed by atoms with Gasteiger partial charge in [0.25, 0.3) is 5.91 Å². The fraction of sp³-hybridized carbons (Fsp3) is 0.174. The molecule has 3 aromatic rings. The van der Waals surface area contributed by atoms with E-state index >= 15 is 0 Å². The second-order valence-electron chi connectivity index (χ2n) is 7.41. The van der Waals surface area contributed by atoms with Crippen molar-refractivity contribution in [2.75, 3.05) is 6.54 Å². The number of carbonyl (C=O) groups excluding carboxylic acids is 1. The van der Waals surface area contributed by atoms with Gasteiger partial charge in [-0.05, 0) is 48.4 Å². The molecule has 0 atom stereocenters. The summed E-state index contributed by atoms with van der Waals surface area (Å²) in [6, 6.07) is 15.9. The summed E-state index contributed by atoms with van der Waals surface area (Å²) in [5.74, 6) is -0.0731. The van der Waals surface area contributed by atoms with Crippen molar-refractivity contribution in [3.63, 3.8) is 0 Å². The topological polar surface area (TPSA) is 38.1 Å². The maximum atomic E-state index is 13.4. The first kappa shape index (κ1) is 20.5. The molecule has 4 nitrogen and oxygen atoms in total. The molecule has 0 radical (unpaired) electrons. The number of nitrogens with zero attached hydrogens (tertiary/aromatic N) is 3. The molecule has 1 aromatic heterocycles. The van der Waals surface area contributed by atoms with Gasteiger partial charge in [-0.1, -0.05) is 56.0 Å². The first-order valence-electron chi connectivity index (χ1n) is 9.59. The van der Waals surface area contributed by atoms with Gasteiger partial charge in [0, 0.05) is 23.9 Å². The highest BCUT2D eigenvalue weighted by Gasteiger charge is 2.32. The lowest BCUT2D eigenvalue weighted by Crippen LogP contribution is -2.31. The van der Waals surface area contributed by atoms with Gasteiger partial charge < -0.3 is 0 Å². The molecule has 4 rings (SSSR count). The van der Waals surface area contributed by atoms with Crippen molar-refractivity contribution in [3.8, 4) is 16.9 Å². The molecular formula is C23H20FN3OS2. The molecule has 2 heterocycles. The molecule has 0 aliphatic carbocycles. The number of rotatable bonds is 5. The quantitative estimate of drug-likeness (QED) is 0.388. The molecule has 1 amide bonds. The number of thioether (sulfide) groups is 1. The predicted molar refractivity (Wildman–Crippen MR) is 124 cm³/mol. The monoisotopic (exact) mass is 437 g/mol. The van der Waals surface area contributed by atoms with Crippen LogP contribution in [-0.2, 0) is 4.79 Å². The third-order valence-electron chi connectivity index (χ3n) is 4.59. The van der Waals surface area contributed by atoms with Crippen molar-refractivity contribution in [1.29, 1.82) is 0 Å². The first-order valence-corrected chi connectivity index (χ1v) is 10.8. The van der Waals surface area contributed by atoms with Crippen LogP contribution in [0.25, 0.3) is 23.0 Å². The van der Waals surface area contributed by atoms with E-state index in [0.717, 1.165) is 16.8 Å². The molecule has 0 saturated carbocycles. The van der Waals surface area contributed by atoms with Crippen molar-refractivity contribution >= 4 is 40.3 Å². The lowest BCUT2D eigenvalue weighted by molar-refractivity contribution is -0.122. The van der Waals surface area contributed by atoms with E-state index in [1.807, 2.05) is 42.6 Å². The van der Waals surface area contributed by atoms with Crippen LogP contribution in [0.1, 0.15) is 19.4 Å². The van der Waals surface area contributed by atoms with E-state index in [1.165, 1.54) is 23.9 Å². The number of amides is 1. The normalized spacial score (nSPS) is 15.6. The van der Waals surface area contributed by atoms with Crippen LogP contribution in [0.2, 0.25) is 0 Å². The number of hydrogen-bond donors (Lipinski definition) is 0. The zero-order chi connectivity index (χ0) is 21.3. The third kappa shape index (κ3) is 4.22. The molecule has 7 heteroatoms. The second-order valence-corrected chi connectivity index (χ2v) is 9.08. The molecule has 0 N–H and O–H groups in total. The van der Waals surface area contributed by atoms with Crippen molar-refractivity contribution in [3.05, 3.63) is 77.1 Å². The Morgan fingerprint density at radius 2 is 1.83 bits per heavy atom. The smallest absolute Gasteiger partial charge is 0.266 e. The summed E-state index contributed by atoms with van der Waals surface area (Å²) in [6.07, 6.45) is 3.70. The van der Waals surface area contributed by atoms with Gasteiger partial charge in [-0.3, -0.25) is 9.69 Å². The zero-order valence-corrected chi connectivity index (χ0v) is 18.2. The Morgan fingerprint density at radius 3 is 2.50 bits per heavy atom. The Balaban J connectivity index is 1.78. The maximum Gasteiger partial charge on any atom is 0.266 e. The van der Waals surface area contributed by atoms with Crippen molar-refractivity contribution in [1.82, 2.24) is 14.7 Å². The van der Waals surface area contributed by atoms with Crippen LogP contribution < -0.4 is 0 Å². The number of para-hydroxylation sites is 1. The molecular weight excluding hydrogens is 417 g/mol. The lowest BCUT2D eigenvalue weighted by Gasteiger charge is -2.16. The summed E-state index contributed by atoms with van der Waals surface area (Å²) in [5, 5.41) is 4.72. The second kappa shape index (κ2) is 8.53. The molecule has 0 unspecified atom stereocenters. The molecule has 0 spiro atoms. The van der Waals surface area contributed by atoms with Crippen molar-refractivity contribution in [2.24, 2.45) is 5.92 Å². The van der Waals surface area contributed by atoms with Crippen molar-refractivity contribution < 1.29 is 9.18 Å². The van der Waals surface area contributed by atoms with Crippen LogP contribution in [0.4, 0.5) is 4.39 Å². The average molecular weight is 438 g/mol. The highest BCUT2D eigenvalue weighted by Crippen LogP contribution is 2.35.